The van der Waals surface area contributed by atoms with Gasteiger partial charge in [0, 0.05) is 31.5 Å². The lowest BCUT2D eigenvalue weighted by Gasteiger charge is -2.23. The van der Waals surface area contributed by atoms with Crippen molar-refractivity contribution < 1.29 is 23.9 Å². The molecule has 0 spiro atoms. The molecule has 1 rings (SSSR count). The quantitative estimate of drug-likeness (QED) is 0.380. The molecule has 0 aromatic carbocycles. The molecule has 27 heavy (non-hydrogen) atoms. The van der Waals surface area contributed by atoms with Gasteiger partial charge in [0.25, 0.3) is 0 Å². The third-order valence-corrected chi connectivity index (χ3v) is 4.18. The minimum Gasteiger partial charge on any atom is -0.463 e. The molecule has 0 bridgehead atoms. The average molecular weight is 381 g/mol. The Kier molecular flexibility index (Phi) is 9.53. The molecule has 1 saturated heterocycles. The second-order valence-electron chi connectivity index (χ2n) is 7.12. The number of amides is 3. The molecule has 1 aliphatic rings. The summed E-state index contributed by atoms with van der Waals surface area (Å²) in [5.41, 5.74) is 0. The van der Waals surface area contributed by atoms with Crippen LogP contribution in [0.3, 0.4) is 0 Å². The van der Waals surface area contributed by atoms with Gasteiger partial charge in [0.1, 0.15) is 6.04 Å². The zero-order chi connectivity index (χ0) is 20.4. The molecular weight excluding hydrogens is 350 g/mol. The summed E-state index contributed by atoms with van der Waals surface area (Å²) >= 11 is 0. The predicted molar refractivity (Wildman–Crippen MR) is 100 cm³/mol. The Balaban J connectivity index is 2.85. The van der Waals surface area contributed by atoms with E-state index in [9.17, 15) is 19.2 Å². The van der Waals surface area contributed by atoms with Gasteiger partial charge < -0.3 is 20.7 Å². The van der Waals surface area contributed by atoms with E-state index in [1.807, 2.05) is 13.8 Å². The number of hydrogen-bond donors (Lipinski definition) is 3. The van der Waals surface area contributed by atoms with Gasteiger partial charge in [-0.2, -0.15) is 0 Å². The molecule has 3 unspecified atom stereocenters. The average Bonchev–Trinajstić information content (AvgIpc) is 2.96. The van der Waals surface area contributed by atoms with Crippen molar-refractivity contribution in [2.45, 2.75) is 59.0 Å². The molecule has 8 nitrogen and oxygen atoms in total. The molecule has 1 aliphatic heterocycles. The summed E-state index contributed by atoms with van der Waals surface area (Å²) in [7, 11) is 0. The highest BCUT2D eigenvalue weighted by Crippen LogP contribution is 2.17. The van der Waals surface area contributed by atoms with Gasteiger partial charge in [0.15, 0.2) is 0 Å². The largest absolute Gasteiger partial charge is 0.463 e. The number of carbonyl (C=O) groups is 4. The smallest absolute Gasteiger partial charge is 0.330 e. The van der Waals surface area contributed by atoms with Crippen LogP contribution in [0.2, 0.25) is 0 Å². The second kappa shape index (κ2) is 11.4. The van der Waals surface area contributed by atoms with E-state index in [0.717, 1.165) is 0 Å². The maximum Gasteiger partial charge on any atom is 0.330 e. The van der Waals surface area contributed by atoms with E-state index < -0.39 is 18.1 Å². The zero-order valence-electron chi connectivity index (χ0n) is 16.5. The fourth-order valence-corrected chi connectivity index (χ4v) is 2.98. The molecule has 0 aromatic rings. The fraction of sp³-hybridized carbons (Fsp3) is 0.684. The van der Waals surface area contributed by atoms with Crippen molar-refractivity contribution in [2.24, 2.45) is 11.8 Å². The molecular formula is C19H31N3O5. The molecule has 1 fully saturated rings. The summed E-state index contributed by atoms with van der Waals surface area (Å²) < 4.78 is 4.87. The van der Waals surface area contributed by atoms with Crippen LogP contribution in [0.5, 0.6) is 0 Å². The highest BCUT2D eigenvalue weighted by molar-refractivity contribution is 5.87. The first-order chi connectivity index (χ1) is 12.7. The minimum atomic E-state index is -0.668. The predicted octanol–water partition coefficient (Wildman–Crippen LogP) is 0.668. The van der Waals surface area contributed by atoms with E-state index in [0.29, 0.717) is 25.8 Å². The Morgan fingerprint density at radius 2 is 2.00 bits per heavy atom. The summed E-state index contributed by atoms with van der Waals surface area (Å²) in [5, 5.41) is 8.27. The van der Waals surface area contributed by atoms with Gasteiger partial charge >= 0.3 is 5.97 Å². The van der Waals surface area contributed by atoms with Gasteiger partial charge in [-0.3, -0.25) is 14.4 Å². The van der Waals surface area contributed by atoms with E-state index in [2.05, 4.69) is 16.0 Å². The summed E-state index contributed by atoms with van der Waals surface area (Å²) in [5.74, 6) is -1.21. The maximum absolute atomic E-state index is 12.7. The summed E-state index contributed by atoms with van der Waals surface area (Å²) in [6.45, 7) is 7.85. The highest BCUT2D eigenvalue weighted by atomic mass is 16.5. The van der Waals surface area contributed by atoms with Crippen molar-refractivity contribution >= 4 is 23.7 Å². The Morgan fingerprint density at radius 1 is 1.30 bits per heavy atom. The van der Waals surface area contributed by atoms with Crippen LogP contribution in [0.4, 0.5) is 0 Å². The normalized spacial score (nSPS) is 18.9. The number of hydrogen-bond acceptors (Lipinski definition) is 5. The van der Waals surface area contributed by atoms with E-state index in [4.69, 9.17) is 4.74 Å². The molecule has 0 aliphatic carbocycles. The lowest BCUT2D eigenvalue weighted by Crippen LogP contribution is -2.49. The number of nitrogens with one attached hydrogen (secondary N) is 3. The molecule has 3 atom stereocenters. The van der Waals surface area contributed by atoms with Gasteiger partial charge in [0.2, 0.25) is 17.7 Å². The molecule has 1 heterocycles. The Morgan fingerprint density at radius 3 is 2.52 bits per heavy atom. The van der Waals surface area contributed by atoms with Crippen LogP contribution in [0.25, 0.3) is 0 Å². The third-order valence-electron chi connectivity index (χ3n) is 4.18. The van der Waals surface area contributed by atoms with Crippen LogP contribution in [0.1, 0.15) is 47.0 Å². The summed E-state index contributed by atoms with van der Waals surface area (Å²) in [6, 6.07) is -1.18. The third kappa shape index (κ3) is 8.70. The molecule has 3 amide bonds. The Hall–Kier alpha value is -2.38. The fourth-order valence-electron chi connectivity index (χ4n) is 2.98. The van der Waals surface area contributed by atoms with E-state index >= 15 is 0 Å². The number of rotatable bonds is 10. The Labute approximate surface area is 160 Å². The standard InChI is InChI=1S/C19H31N3O5/c1-5-27-17(24)7-6-15(11-14-8-9-20-18(14)25)22-19(26)16(10-12(2)3)21-13(4)23/h6-7,12,14-16H,5,8-11H2,1-4H3,(H,20,25)(H,21,23)(H,22,26). The first-order valence-corrected chi connectivity index (χ1v) is 9.43. The lowest BCUT2D eigenvalue weighted by atomic mass is 9.97. The number of esters is 1. The van der Waals surface area contributed by atoms with Crippen molar-refractivity contribution in [3.8, 4) is 0 Å². The molecule has 0 saturated carbocycles. The van der Waals surface area contributed by atoms with E-state index in [-0.39, 0.29) is 36.2 Å². The van der Waals surface area contributed by atoms with Gasteiger partial charge in [-0.25, -0.2) is 4.79 Å². The number of carbonyl (C=O) groups excluding carboxylic acids is 4. The molecule has 3 N–H and O–H groups in total. The van der Waals surface area contributed by atoms with Gasteiger partial charge in [-0.05, 0) is 32.1 Å². The van der Waals surface area contributed by atoms with Crippen molar-refractivity contribution in [3.05, 3.63) is 12.2 Å². The van der Waals surface area contributed by atoms with Gasteiger partial charge in [0.05, 0.1) is 6.61 Å². The first-order valence-electron chi connectivity index (χ1n) is 9.43. The summed E-state index contributed by atoms with van der Waals surface area (Å²) in [6.07, 6.45) is 4.35. The van der Waals surface area contributed by atoms with Crippen LogP contribution in [-0.2, 0) is 23.9 Å². The van der Waals surface area contributed by atoms with E-state index in [1.165, 1.54) is 13.0 Å². The van der Waals surface area contributed by atoms with Crippen LogP contribution in [-0.4, -0.2) is 48.9 Å². The van der Waals surface area contributed by atoms with Crippen molar-refractivity contribution in [1.29, 1.82) is 0 Å². The first kappa shape index (κ1) is 22.7. The monoisotopic (exact) mass is 381 g/mol. The molecule has 0 aromatic heterocycles. The summed E-state index contributed by atoms with van der Waals surface area (Å²) in [4.78, 5) is 47.6. The molecule has 0 radical (unpaired) electrons. The van der Waals surface area contributed by atoms with Crippen molar-refractivity contribution in [2.75, 3.05) is 13.2 Å². The van der Waals surface area contributed by atoms with Gasteiger partial charge in [-0.15, -0.1) is 0 Å². The van der Waals surface area contributed by atoms with Crippen molar-refractivity contribution in [1.82, 2.24) is 16.0 Å². The van der Waals surface area contributed by atoms with Crippen LogP contribution in [0, 0.1) is 11.8 Å². The van der Waals surface area contributed by atoms with Crippen LogP contribution in [0.15, 0.2) is 12.2 Å². The Bertz CT molecular complexity index is 574. The van der Waals surface area contributed by atoms with Crippen molar-refractivity contribution in [3.63, 3.8) is 0 Å². The maximum atomic E-state index is 12.7. The topological polar surface area (TPSA) is 114 Å². The van der Waals surface area contributed by atoms with Crippen LogP contribution >= 0.6 is 0 Å². The second-order valence-corrected chi connectivity index (χ2v) is 7.12. The molecule has 8 heteroatoms. The highest BCUT2D eigenvalue weighted by Gasteiger charge is 2.29. The SMILES string of the molecule is CCOC(=O)C=CC(CC1CCNC1=O)NC(=O)C(CC(C)C)NC(C)=O. The van der Waals surface area contributed by atoms with Gasteiger partial charge in [-0.1, -0.05) is 19.9 Å². The molecule has 152 valence electrons. The minimum absolute atomic E-state index is 0.0561. The number of ether oxygens (including phenoxy) is 1. The van der Waals surface area contributed by atoms with E-state index in [1.54, 1.807) is 13.0 Å². The lowest BCUT2D eigenvalue weighted by molar-refractivity contribution is -0.137. The zero-order valence-corrected chi connectivity index (χ0v) is 16.5. The van der Waals surface area contributed by atoms with Crippen LogP contribution < -0.4 is 16.0 Å².